The molecule has 17 nitrogen and oxygen atoms in total. The van der Waals surface area contributed by atoms with Gasteiger partial charge in [-0.05, 0) is 49.4 Å². The molecule has 0 aromatic carbocycles. The first-order valence-electron chi connectivity index (χ1n) is 33.7. The fourth-order valence-corrected chi connectivity index (χ4v) is 11.2. The topological polar surface area (TPSA) is 237 Å². The molecule has 0 saturated heterocycles. The predicted molar refractivity (Wildman–Crippen MR) is 335 cm³/mol. The highest BCUT2D eigenvalue weighted by Gasteiger charge is 2.30. The summed E-state index contributed by atoms with van der Waals surface area (Å²) in [6.07, 6.45) is 35.0. The first-order chi connectivity index (χ1) is 40.1. The van der Waals surface area contributed by atoms with Crippen molar-refractivity contribution in [3.8, 4) is 0 Å². The number of phosphoric ester groups is 2. The number of aliphatic hydroxyl groups excluding tert-OH is 1. The molecule has 0 aromatic heterocycles. The van der Waals surface area contributed by atoms with E-state index < -0.39 is 97.5 Å². The lowest BCUT2D eigenvalue weighted by atomic mass is 10.0. The van der Waals surface area contributed by atoms with Gasteiger partial charge in [0.05, 0.1) is 26.4 Å². The van der Waals surface area contributed by atoms with Gasteiger partial charge in [0.1, 0.15) is 19.3 Å². The number of phosphoric acid groups is 2. The molecule has 3 N–H and O–H groups in total. The van der Waals surface area contributed by atoms with E-state index >= 15 is 0 Å². The summed E-state index contributed by atoms with van der Waals surface area (Å²) < 4.78 is 68.0. The van der Waals surface area contributed by atoms with E-state index in [-0.39, 0.29) is 25.7 Å². The molecule has 0 aliphatic heterocycles. The van der Waals surface area contributed by atoms with Crippen LogP contribution >= 0.6 is 15.6 Å². The molecule has 0 spiro atoms. The van der Waals surface area contributed by atoms with Gasteiger partial charge in [-0.3, -0.25) is 37.3 Å². The molecule has 0 aliphatic carbocycles. The monoisotopic (exact) mass is 1240 g/mol. The lowest BCUT2D eigenvalue weighted by molar-refractivity contribution is -0.161. The number of aliphatic hydroxyl groups is 1. The highest BCUT2D eigenvalue weighted by molar-refractivity contribution is 7.47. The Morgan fingerprint density at radius 3 is 0.738 bits per heavy atom. The van der Waals surface area contributed by atoms with E-state index in [0.29, 0.717) is 37.5 Å². The van der Waals surface area contributed by atoms with E-state index in [0.717, 1.165) is 108 Å². The Balaban J connectivity index is 5.24. The maximum atomic E-state index is 13.0. The van der Waals surface area contributed by atoms with Crippen LogP contribution in [0.4, 0.5) is 0 Å². The van der Waals surface area contributed by atoms with Crippen LogP contribution in [0.15, 0.2) is 0 Å². The van der Waals surface area contributed by atoms with Gasteiger partial charge in [0, 0.05) is 25.7 Å². The fraction of sp³-hybridized carbons (Fsp3) is 0.938. The van der Waals surface area contributed by atoms with E-state index in [1.54, 1.807) is 0 Å². The zero-order valence-corrected chi connectivity index (χ0v) is 56.3. The molecule has 0 heterocycles. The number of carbonyl (C=O) groups is 4. The molecule has 0 aromatic rings. The summed E-state index contributed by atoms with van der Waals surface area (Å²) in [7, 11) is -9.89. The van der Waals surface area contributed by atoms with Gasteiger partial charge in [0.25, 0.3) is 0 Å². The molecule has 0 rings (SSSR count). The van der Waals surface area contributed by atoms with Crippen LogP contribution in [0.1, 0.15) is 312 Å². The lowest BCUT2D eigenvalue weighted by Crippen LogP contribution is -2.30. The molecule has 84 heavy (non-hydrogen) atoms. The summed E-state index contributed by atoms with van der Waals surface area (Å²) in [4.78, 5) is 72.2. The van der Waals surface area contributed by atoms with Crippen LogP contribution in [-0.2, 0) is 65.4 Å². The third-order valence-electron chi connectivity index (χ3n) is 14.8. The van der Waals surface area contributed by atoms with Crippen LogP contribution in [0, 0.1) is 23.7 Å². The summed E-state index contributed by atoms with van der Waals surface area (Å²) in [5.41, 5.74) is 0. The van der Waals surface area contributed by atoms with Crippen LogP contribution < -0.4 is 0 Å². The third-order valence-corrected chi connectivity index (χ3v) is 16.7. The second-order valence-corrected chi connectivity index (χ2v) is 28.3. The molecule has 5 atom stereocenters. The van der Waals surface area contributed by atoms with Gasteiger partial charge in [-0.2, -0.15) is 0 Å². The van der Waals surface area contributed by atoms with E-state index in [2.05, 4.69) is 55.4 Å². The van der Waals surface area contributed by atoms with Crippen molar-refractivity contribution in [1.29, 1.82) is 0 Å². The maximum absolute atomic E-state index is 13.0. The minimum Gasteiger partial charge on any atom is -0.462 e. The largest absolute Gasteiger partial charge is 0.472 e. The SMILES string of the molecule is CC(C)CCCCCCCCCCCCC(=O)OC[C@H](COP(=O)(O)OCC(O)COP(=O)(O)OC[C@@H](COC(=O)CCCCCCCCCC(C)C)OC(=O)CCCCCCCCCCC(C)C)OC(=O)CCCCCCCCCC(C)C. The van der Waals surface area contributed by atoms with Gasteiger partial charge < -0.3 is 33.8 Å². The van der Waals surface area contributed by atoms with E-state index in [4.69, 9.17) is 37.0 Å². The van der Waals surface area contributed by atoms with E-state index in [1.165, 1.54) is 109 Å². The zero-order valence-electron chi connectivity index (χ0n) is 54.5. The number of rotatable bonds is 62. The molecular weight excluding hydrogens is 1110 g/mol. The molecule has 0 fully saturated rings. The zero-order chi connectivity index (χ0) is 62.5. The molecule has 498 valence electrons. The predicted octanol–water partition coefficient (Wildman–Crippen LogP) is 17.8. The minimum atomic E-state index is -4.95. The average molecular weight is 1240 g/mol. The first kappa shape index (κ1) is 82.1. The highest BCUT2D eigenvalue weighted by atomic mass is 31.2. The van der Waals surface area contributed by atoms with E-state index in [9.17, 15) is 43.2 Å². The van der Waals surface area contributed by atoms with Gasteiger partial charge in [-0.15, -0.1) is 0 Å². The number of hydrogen-bond acceptors (Lipinski definition) is 15. The lowest BCUT2D eigenvalue weighted by Gasteiger charge is -2.21. The Labute approximate surface area is 511 Å². The van der Waals surface area contributed by atoms with Crippen molar-refractivity contribution in [1.82, 2.24) is 0 Å². The van der Waals surface area contributed by atoms with Crippen molar-refractivity contribution in [3.63, 3.8) is 0 Å². The van der Waals surface area contributed by atoms with Crippen LogP contribution in [0.25, 0.3) is 0 Å². The third kappa shape index (κ3) is 59.0. The van der Waals surface area contributed by atoms with Crippen LogP contribution in [0.5, 0.6) is 0 Å². The fourth-order valence-electron chi connectivity index (χ4n) is 9.61. The number of esters is 4. The van der Waals surface area contributed by atoms with E-state index in [1.807, 2.05) is 0 Å². The minimum absolute atomic E-state index is 0.102. The smallest absolute Gasteiger partial charge is 0.462 e. The van der Waals surface area contributed by atoms with Crippen molar-refractivity contribution in [2.75, 3.05) is 39.6 Å². The van der Waals surface area contributed by atoms with Crippen molar-refractivity contribution in [3.05, 3.63) is 0 Å². The standard InChI is InChI=1S/C65H126O17P2/c1-55(2)41-33-25-17-11-9-10-12-21-29-37-45-62(67)75-51-61(82-65(70)48-40-32-24-16-20-28-36-44-58(7)8)54-80-84(73,74)78-50-59(66)49-77-83(71,72)79-53-60(52-76-63(68)46-38-30-23-15-19-27-35-43-57(5)6)81-64(69)47-39-31-22-14-13-18-26-34-42-56(3)4/h55-61,66H,9-54H2,1-8H3,(H,71,72)(H,73,74)/t59?,60-,61-/m1/s1. The van der Waals surface area contributed by atoms with Crippen molar-refractivity contribution in [2.45, 2.75) is 331 Å². The number of hydrogen-bond donors (Lipinski definition) is 3. The summed E-state index contributed by atoms with van der Waals surface area (Å²) in [5.74, 6) is 0.737. The summed E-state index contributed by atoms with van der Waals surface area (Å²) in [6, 6.07) is 0. The van der Waals surface area contributed by atoms with Crippen LogP contribution in [0.2, 0.25) is 0 Å². The van der Waals surface area contributed by atoms with Gasteiger partial charge in [0.15, 0.2) is 12.2 Å². The second kappa shape index (κ2) is 55.2. The van der Waals surface area contributed by atoms with Crippen molar-refractivity contribution in [2.24, 2.45) is 23.7 Å². The number of unbranched alkanes of at least 4 members (excludes halogenated alkanes) is 28. The van der Waals surface area contributed by atoms with Crippen molar-refractivity contribution >= 4 is 39.5 Å². The van der Waals surface area contributed by atoms with Crippen LogP contribution in [0.3, 0.4) is 0 Å². The Kier molecular flexibility index (Phi) is 53.9. The molecule has 0 amide bonds. The maximum Gasteiger partial charge on any atom is 0.472 e. The highest BCUT2D eigenvalue weighted by Crippen LogP contribution is 2.45. The first-order valence-corrected chi connectivity index (χ1v) is 36.7. The van der Waals surface area contributed by atoms with Crippen molar-refractivity contribution < 1.29 is 80.2 Å². The number of ether oxygens (including phenoxy) is 4. The molecule has 0 saturated carbocycles. The second-order valence-electron chi connectivity index (χ2n) is 25.4. The summed E-state index contributed by atoms with van der Waals surface area (Å²) in [5, 5.41) is 10.5. The number of carbonyl (C=O) groups excluding carboxylic acids is 4. The Hall–Kier alpha value is -1.94. The van der Waals surface area contributed by atoms with Gasteiger partial charge in [-0.1, -0.05) is 261 Å². The van der Waals surface area contributed by atoms with Gasteiger partial charge in [-0.25, -0.2) is 9.13 Å². The normalized spacial score (nSPS) is 14.4. The molecule has 0 radical (unpaired) electrons. The Morgan fingerprint density at radius 1 is 0.298 bits per heavy atom. The van der Waals surface area contributed by atoms with Gasteiger partial charge in [0.2, 0.25) is 0 Å². The van der Waals surface area contributed by atoms with Crippen LogP contribution in [-0.4, -0.2) is 96.7 Å². The molecular formula is C65H126O17P2. The summed E-state index contributed by atoms with van der Waals surface area (Å²) in [6.45, 7) is 13.9. The Morgan fingerprint density at radius 2 is 0.500 bits per heavy atom. The average Bonchev–Trinajstić information content (AvgIpc) is 3.47. The molecule has 3 unspecified atom stereocenters. The molecule has 0 aliphatic rings. The summed E-state index contributed by atoms with van der Waals surface area (Å²) >= 11 is 0. The molecule has 0 bridgehead atoms. The van der Waals surface area contributed by atoms with Gasteiger partial charge >= 0.3 is 39.5 Å². The Bertz CT molecular complexity index is 1680. The quantitative estimate of drug-likeness (QED) is 0.0222. The molecule has 19 heteroatoms.